The van der Waals surface area contributed by atoms with Crippen LogP contribution in [0.3, 0.4) is 0 Å². The van der Waals surface area contributed by atoms with Crippen LogP contribution >= 0.6 is 11.8 Å². The summed E-state index contributed by atoms with van der Waals surface area (Å²) in [6.07, 6.45) is 2.22. The molecule has 1 saturated heterocycles. The molecule has 4 unspecified atom stereocenters. The molecule has 1 heterocycles. The number of aliphatic hydroxyl groups excluding tert-OH is 1. The highest BCUT2D eigenvalue weighted by Crippen LogP contribution is 2.37. The number of carbonyl (C=O) groups is 2. The molecule has 170 valence electrons. The second-order valence-corrected chi connectivity index (χ2v) is 9.01. The number of hydrogen-bond acceptors (Lipinski definition) is 7. The fourth-order valence-corrected chi connectivity index (χ4v) is 5.52. The molecule has 0 aliphatic carbocycles. The van der Waals surface area contributed by atoms with E-state index in [2.05, 4.69) is 12.2 Å². The Hall–Kier alpha value is -2.24. The number of carbonyl (C=O) groups excluding carboxylic acids is 2. The maximum Gasteiger partial charge on any atom is 0.323 e. The summed E-state index contributed by atoms with van der Waals surface area (Å²) >= 11 is 1.62. The lowest BCUT2D eigenvalue weighted by Gasteiger charge is -2.22. The quantitative estimate of drug-likeness (QED) is 0.474. The van der Waals surface area contributed by atoms with Crippen LogP contribution in [0.15, 0.2) is 24.3 Å². The van der Waals surface area contributed by atoms with Crippen LogP contribution in [0.2, 0.25) is 0 Å². The summed E-state index contributed by atoms with van der Waals surface area (Å²) in [5.41, 5.74) is 2.03. The first-order valence-corrected chi connectivity index (χ1v) is 11.9. The number of para-hydroxylation sites is 1. The van der Waals surface area contributed by atoms with Crippen LogP contribution in [0.4, 0.5) is 5.69 Å². The minimum absolute atomic E-state index is 0.0401. The fraction of sp³-hybridized carbons (Fsp3) is 0.609. The Kier molecular flexibility index (Phi) is 10.2. The van der Waals surface area contributed by atoms with E-state index in [4.69, 9.17) is 4.74 Å². The van der Waals surface area contributed by atoms with Gasteiger partial charge in [0.15, 0.2) is 0 Å². The van der Waals surface area contributed by atoms with Crippen molar-refractivity contribution in [1.82, 2.24) is 4.90 Å². The van der Waals surface area contributed by atoms with Crippen LogP contribution in [0.5, 0.6) is 0 Å². The summed E-state index contributed by atoms with van der Waals surface area (Å²) in [7, 11) is 0. The lowest BCUT2D eigenvalue weighted by molar-refractivity contribution is -0.146. The van der Waals surface area contributed by atoms with Crippen LogP contribution in [0, 0.1) is 17.2 Å². The van der Waals surface area contributed by atoms with E-state index in [1.165, 1.54) is 0 Å². The van der Waals surface area contributed by atoms with Crippen molar-refractivity contribution in [2.24, 2.45) is 5.92 Å². The van der Waals surface area contributed by atoms with Gasteiger partial charge in [-0.25, -0.2) is 0 Å². The van der Waals surface area contributed by atoms with Crippen molar-refractivity contribution >= 4 is 29.3 Å². The first-order valence-electron chi connectivity index (χ1n) is 10.9. The van der Waals surface area contributed by atoms with Crippen molar-refractivity contribution in [2.45, 2.75) is 63.1 Å². The molecule has 8 heteroatoms. The normalized spacial score (nSPS) is 20.2. The van der Waals surface area contributed by atoms with Gasteiger partial charge in [-0.1, -0.05) is 18.2 Å². The Balaban J connectivity index is 1.96. The maximum atomic E-state index is 12.9. The van der Waals surface area contributed by atoms with E-state index in [-0.39, 0.29) is 35.8 Å². The van der Waals surface area contributed by atoms with E-state index in [1.807, 2.05) is 42.2 Å². The summed E-state index contributed by atoms with van der Waals surface area (Å²) < 4.78 is 4.97. The van der Waals surface area contributed by atoms with Gasteiger partial charge < -0.3 is 20.1 Å². The Morgan fingerprint density at radius 3 is 2.77 bits per heavy atom. The number of aliphatic hydroxyl groups is 1. The molecule has 0 bridgehead atoms. The van der Waals surface area contributed by atoms with Gasteiger partial charge in [-0.15, -0.1) is 11.8 Å². The van der Waals surface area contributed by atoms with Gasteiger partial charge >= 0.3 is 5.97 Å². The van der Waals surface area contributed by atoms with Crippen molar-refractivity contribution in [1.29, 1.82) is 5.26 Å². The Morgan fingerprint density at radius 1 is 1.39 bits per heavy atom. The molecule has 1 aromatic carbocycles. The number of benzene rings is 1. The molecular formula is C23H33N3O4S. The van der Waals surface area contributed by atoms with Crippen LogP contribution in [0.25, 0.3) is 0 Å². The molecule has 0 radical (unpaired) electrons. The third-order valence-electron chi connectivity index (χ3n) is 5.37. The molecule has 1 amide bonds. The topological polar surface area (TPSA) is 103 Å². The first kappa shape index (κ1) is 25.0. The molecule has 1 fully saturated rings. The van der Waals surface area contributed by atoms with Crippen molar-refractivity contribution in [3.63, 3.8) is 0 Å². The molecule has 4 atom stereocenters. The molecule has 2 rings (SSSR count). The lowest BCUT2D eigenvalue weighted by atomic mass is 10.0. The van der Waals surface area contributed by atoms with Gasteiger partial charge in [-0.2, -0.15) is 5.26 Å². The van der Waals surface area contributed by atoms with Crippen molar-refractivity contribution < 1.29 is 19.4 Å². The highest BCUT2D eigenvalue weighted by Gasteiger charge is 2.40. The minimum Gasteiger partial charge on any atom is -0.465 e. The Bertz CT molecular complexity index is 782. The minimum atomic E-state index is -0.794. The Morgan fingerprint density at radius 2 is 2.13 bits per heavy atom. The summed E-state index contributed by atoms with van der Waals surface area (Å²) in [5, 5.41) is 21.8. The second kappa shape index (κ2) is 12.6. The third-order valence-corrected chi connectivity index (χ3v) is 6.89. The summed E-state index contributed by atoms with van der Waals surface area (Å²) in [6.45, 7) is 6.67. The predicted molar refractivity (Wildman–Crippen MR) is 122 cm³/mol. The van der Waals surface area contributed by atoms with Crippen molar-refractivity contribution in [3.05, 3.63) is 29.8 Å². The van der Waals surface area contributed by atoms with Gasteiger partial charge in [0.25, 0.3) is 0 Å². The number of esters is 1. The number of rotatable bonds is 12. The maximum absolute atomic E-state index is 12.9. The number of nitriles is 1. The zero-order chi connectivity index (χ0) is 22.8. The number of ether oxygens (including phenoxy) is 1. The average Bonchev–Trinajstić information content (AvgIpc) is 3.04. The van der Waals surface area contributed by atoms with E-state index in [9.17, 15) is 20.0 Å². The van der Waals surface area contributed by atoms with Gasteiger partial charge in [-0.05, 0) is 58.1 Å². The number of amides is 1. The zero-order valence-corrected chi connectivity index (χ0v) is 19.4. The second-order valence-electron chi connectivity index (χ2n) is 7.63. The number of anilines is 1. The van der Waals surface area contributed by atoms with E-state index >= 15 is 0 Å². The number of thioether (sulfide) groups is 1. The van der Waals surface area contributed by atoms with Crippen LogP contribution in [0.1, 0.15) is 45.6 Å². The predicted octanol–water partition coefficient (Wildman–Crippen LogP) is 3.18. The molecule has 31 heavy (non-hydrogen) atoms. The van der Waals surface area contributed by atoms with E-state index in [0.717, 1.165) is 11.3 Å². The highest BCUT2D eigenvalue weighted by atomic mass is 32.2. The van der Waals surface area contributed by atoms with Gasteiger partial charge in [0, 0.05) is 24.9 Å². The first-order chi connectivity index (χ1) is 14.9. The lowest BCUT2D eigenvalue weighted by Crippen LogP contribution is -2.36. The van der Waals surface area contributed by atoms with Crippen LogP contribution in [-0.4, -0.2) is 58.3 Å². The van der Waals surface area contributed by atoms with E-state index in [1.54, 1.807) is 18.7 Å². The molecule has 0 aromatic heterocycles. The largest absolute Gasteiger partial charge is 0.465 e. The molecule has 1 aromatic rings. The SMILES string of the molecule is CCOC(=O)C(C#N)CCC1SC(CC(C)Nc2ccccc2CCO)C(=O)N1CC. The average molecular weight is 448 g/mol. The van der Waals surface area contributed by atoms with Gasteiger partial charge in [0.1, 0.15) is 5.92 Å². The number of hydrogen-bond donors (Lipinski definition) is 2. The molecule has 0 spiro atoms. The Labute approximate surface area is 189 Å². The zero-order valence-electron chi connectivity index (χ0n) is 18.5. The van der Waals surface area contributed by atoms with Gasteiger partial charge in [-0.3, -0.25) is 9.59 Å². The molecule has 2 N–H and O–H groups in total. The summed E-state index contributed by atoms with van der Waals surface area (Å²) in [4.78, 5) is 26.7. The van der Waals surface area contributed by atoms with Crippen molar-refractivity contribution in [3.8, 4) is 6.07 Å². The van der Waals surface area contributed by atoms with Gasteiger partial charge in [0.05, 0.1) is 23.3 Å². The molecule has 0 saturated carbocycles. The molecule has 7 nitrogen and oxygen atoms in total. The van der Waals surface area contributed by atoms with E-state index in [0.29, 0.717) is 32.2 Å². The third kappa shape index (κ3) is 6.88. The van der Waals surface area contributed by atoms with Gasteiger partial charge in [0.2, 0.25) is 5.91 Å². The smallest absolute Gasteiger partial charge is 0.323 e. The highest BCUT2D eigenvalue weighted by molar-refractivity contribution is 8.01. The van der Waals surface area contributed by atoms with Crippen LogP contribution < -0.4 is 5.32 Å². The molecule has 1 aliphatic rings. The van der Waals surface area contributed by atoms with E-state index < -0.39 is 11.9 Å². The van der Waals surface area contributed by atoms with Crippen molar-refractivity contribution in [2.75, 3.05) is 25.1 Å². The number of nitrogens with one attached hydrogen (secondary N) is 1. The number of nitrogens with zero attached hydrogens (tertiary/aromatic N) is 2. The monoisotopic (exact) mass is 447 g/mol. The standard InChI is InChI=1S/C23H33N3O4S/c1-4-26-21(11-10-18(15-24)23(29)30-5-2)31-20(22(26)28)14-16(3)25-19-9-7-6-8-17(19)12-13-27/h6-9,16,18,20-21,25,27H,4-5,10-14H2,1-3H3. The summed E-state index contributed by atoms with van der Waals surface area (Å²) in [5.74, 6) is -1.17. The fourth-order valence-electron chi connectivity index (χ4n) is 3.82. The summed E-state index contributed by atoms with van der Waals surface area (Å²) in [6, 6.07) is 9.98. The molecule has 1 aliphatic heterocycles. The molecular weight excluding hydrogens is 414 g/mol. The van der Waals surface area contributed by atoms with Crippen LogP contribution in [-0.2, 0) is 20.7 Å².